The van der Waals surface area contributed by atoms with Gasteiger partial charge in [0.1, 0.15) is 0 Å². The van der Waals surface area contributed by atoms with Crippen LogP contribution in [0.15, 0.2) is 23.1 Å². The molecule has 1 unspecified atom stereocenters. The summed E-state index contributed by atoms with van der Waals surface area (Å²) in [6, 6.07) is 5.21. The Morgan fingerprint density at radius 1 is 1.42 bits per heavy atom. The van der Waals surface area contributed by atoms with Gasteiger partial charge in [0, 0.05) is 22.9 Å². The van der Waals surface area contributed by atoms with E-state index in [1.165, 1.54) is 11.8 Å². The lowest BCUT2D eigenvalue weighted by Gasteiger charge is -2.24. The summed E-state index contributed by atoms with van der Waals surface area (Å²) < 4.78 is 0. The molecule has 0 aliphatic carbocycles. The second kappa shape index (κ2) is 7.44. The summed E-state index contributed by atoms with van der Waals surface area (Å²) in [7, 11) is 0. The van der Waals surface area contributed by atoms with Gasteiger partial charge in [-0.15, -0.1) is 11.8 Å². The van der Waals surface area contributed by atoms with Crippen molar-refractivity contribution < 1.29 is 19.5 Å². The number of carbonyl (C=O) groups excluding carboxylic acids is 2. The third-order valence-corrected chi connectivity index (χ3v) is 5.29. The van der Waals surface area contributed by atoms with E-state index in [-0.39, 0.29) is 24.8 Å². The van der Waals surface area contributed by atoms with E-state index in [9.17, 15) is 14.4 Å². The fraction of sp³-hybridized carbons (Fsp3) is 0.438. The lowest BCUT2D eigenvalue weighted by atomic mass is 9.90. The number of anilines is 1. The van der Waals surface area contributed by atoms with E-state index in [0.29, 0.717) is 17.1 Å². The lowest BCUT2D eigenvalue weighted by Crippen LogP contribution is -2.36. The molecule has 1 heterocycles. The molecule has 2 amide bonds. The van der Waals surface area contributed by atoms with E-state index in [1.54, 1.807) is 26.0 Å². The van der Waals surface area contributed by atoms with Crippen LogP contribution >= 0.6 is 23.4 Å². The standard InChI is InChI=1S/C16H19ClN2O4S/c1-16(2,15(22)23)5-6-18-13(20)8-12-14(21)19-10-7-9(17)3-4-11(10)24-12/h3-4,7,12H,5-6,8H2,1-2H3,(H,18,20)(H,19,21)(H,22,23). The average Bonchev–Trinajstić information content (AvgIpc) is 2.48. The largest absolute Gasteiger partial charge is 0.481 e. The summed E-state index contributed by atoms with van der Waals surface area (Å²) in [5.41, 5.74) is -0.250. The Balaban J connectivity index is 1.87. The van der Waals surface area contributed by atoms with E-state index in [0.717, 1.165) is 4.90 Å². The van der Waals surface area contributed by atoms with Crippen LogP contribution in [0.3, 0.4) is 0 Å². The maximum atomic E-state index is 12.1. The third kappa shape index (κ3) is 4.64. The van der Waals surface area contributed by atoms with E-state index in [2.05, 4.69) is 10.6 Å². The molecule has 0 saturated carbocycles. The topological polar surface area (TPSA) is 95.5 Å². The molecule has 1 aliphatic rings. The number of thioether (sulfide) groups is 1. The summed E-state index contributed by atoms with van der Waals surface area (Å²) in [6.07, 6.45) is 0.353. The summed E-state index contributed by atoms with van der Waals surface area (Å²) in [6.45, 7) is 3.46. The smallest absolute Gasteiger partial charge is 0.309 e. The maximum Gasteiger partial charge on any atom is 0.309 e. The molecule has 0 bridgehead atoms. The van der Waals surface area contributed by atoms with Gasteiger partial charge in [-0.05, 0) is 38.5 Å². The fourth-order valence-corrected chi connectivity index (χ4v) is 3.38. The number of rotatable bonds is 6. The monoisotopic (exact) mass is 370 g/mol. The molecule has 3 N–H and O–H groups in total. The molecule has 1 aromatic carbocycles. The Labute approximate surface area is 149 Å². The molecule has 0 spiro atoms. The predicted octanol–water partition coefficient (Wildman–Crippen LogP) is 2.76. The van der Waals surface area contributed by atoms with Crippen molar-refractivity contribution in [2.24, 2.45) is 5.41 Å². The van der Waals surface area contributed by atoms with Gasteiger partial charge in [0.15, 0.2) is 0 Å². The van der Waals surface area contributed by atoms with E-state index in [1.807, 2.05) is 6.07 Å². The van der Waals surface area contributed by atoms with Gasteiger partial charge < -0.3 is 15.7 Å². The number of hydrogen-bond donors (Lipinski definition) is 3. The number of halogens is 1. The van der Waals surface area contributed by atoms with Crippen LogP contribution in [0.25, 0.3) is 0 Å². The number of fused-ring (bicyclic) bond motifs is 1. The van der Waals surface area contributed by atoms with Crippen LogP contribution in [0.1, 0.15) is 26.7 Å². The second-order valence-corrected chi connectivity index (χ2v) is 7.91. The van der Waals surface area contributed by atoms with Gasteiger partial charge in [0.05, 0.1) is 16.4 Å². The molecular weight excluding hydrogens is 352 g/mol. The molecule has 1 aliphatic heterocycles. The van der Waals surface area contributed by atoms with Crippen LogP contribution in [0.2, 0.25) is 5.02 Å². The van der Waals surface area contributed by atoms with Gasteiger partial charge in [0.25, 0.3) is 0 Å². The van der Waals surface area contributed by atoms with Crippen molar-refractivity contribution in [1.82, 2.24) is 5.32 Å². The Bertz CT molecular complexity index is 678. The fourth-order valence-electron chi connectivity index (χ4n) is 2.12. The molecule has 1 atom stereocenters. The minimum atomic E-state index is -0.908. The Morgan fingerprint density at radius 3 is 2.79 bits per heavy atom. The number of aliphatic carboxylic acids is 1. The average molecular weight is 371 g/mol. The molecule has 0 saturated heterocycles. The maximum absolute atomic E-state index is 12.1. The van der Waals surface area contributed by atoms with Crippen molar-refractivity contribution >= 4 is 46.8 Å². The van der Waals surface area contributed by atoms with Gasteiger partial charge in [-0.25, -0.2) is 0 Å². The minimum absolute atomic E-state index is 0.0338. The SMILES string of the molecule is CC(C)(CCNC(=O)CC1Sc2ccc(Cl)cc2NC1=O)C(=O)O. The predicted molar refractivity (Wildman–Crippen MR) is 93.4 cm³/mol. The zero-order chi connectivity index (χ0) is 17.9. The number of amides is 2. The normalized spacial score (nSPS) is 17.0. The highest BCUT2D eigenvalue weighted by atomic mass is 35.5. The zero-order valence-corrected chi connectivity index (χ0v) is 15.0. The van der Waals surface area contributed by atoms with Crippen LogP contribution in [0, 0.1) is 5.41 Å². The lowest BCUT2D eigenvalue weighted by molar-refractivity contribution is -0.147. The number of hydrogen-bond acceptors (Lipinski definition) is 4. The summed E-state index contributed by atoms with van der Waals surface area (Å²) >= 11 is 7.22. The van der Waals surface area contributed by atoms with Crippen molar-refractivity contribution in [3.63, 3.8) is 0 Å². The number of carboxylic acid groups (broad SMARTS) is 1. The zero-order valence-electron chi connectivity index (χ0n) is 13.4. The number of carbonyl (C=O) groups is 3. The minimum Gasteiger partial charge on any atom is -0.481 e. The van der Waals surface area contributed by atoms with E-state index in [4.69, 9.17) is 16.7 Å². The highest BCUT2D eigenvalue weighted by Crippen LogP contribution is 2.38. The molecule has 24 heavy (non-hydrogen) atoms. The van der Waals surface area contributed by atoms with Crippen molar-refractivity contribution in [2.45, 2.75) is 36.8 Å². The molecule has 2 rings (SSSR count). The first-order valence-corrected chi connectivity index (χ1v) is 8.72. The molecule has 8 heteroatoms. The molecule has 0 fully saturated rings. The van der Waals surface area contributed by atoms with E-state index >= 15 is 0 Å². The molecule has 1 aromatic rings. The molecule has 0 radical (unpaired) electrons. The Hall–Kier alpha value is -1.73. The van der Waals surface area contributed by atoms with Gasteiger partial charge >= 0.3 is 5.97 Å². The highest BCUT2D eigenvalue weighted by Gasteiger charge is 2.30. The summed E-state index contributed by atoms with van der Waals surface area (Å²) in [4.78, 5) is 36.0. The first-order chi connectivity index (χ1) is 11.2. The van der Waals surface area contributed by atoms with Crippen LogP contribution in [-0.2, 0) is 14.4 Å². The van der Waals surface area contributed by atoms with Crippen molar-refractivity contribution in [1.29, 1.82) is 0 Å². The molecular formula is C16H19ClN2O4S. The highest BCUT2D eigenvalue weighted by molar-refractivity contribution is 8.01. The Morgan fingerprint density at radius 2 is 2.12 bits per heavy atom. The number of carboxylic acids is 1. The molecule has 130 valence electrons. The Kier molecular flexibility index (Phi) is 5.77. The van der Waals surface area contributed by atoms with Crippen LogP contribution in [0.4, 0.5) is 5.69 Å². The first-order valence-electron chi connectivity index (χ1n) is 7.46. The van der Waals surface area contributed by atoms with Gasteiger partial charge in [0.2, 0.25) is 11.8 Å². The van der Waals surface area contributed by atoms with Crippen molar-refractivity contribution in [3.8, 4) is 0 Å². The third-order valence-electron chi connectivity index (χ3n) is 3.78. The van der Waals surface area contributed by atoms with Crippen molar-refractivity contribution in [2.75, 3.05) is 11.9 Å². The van der Waals surface area contributed by atoms with Crippen molar-refractivity contribution in [3.05, 3.63) is 23.2 Å². The van der Waals surface area contributed by atoms with Crippen LogP contribution in [-0.4, -0.2) is 34.7 Å². The second-order valence-electron chi connectivity index (χ2n) is 6.23. The van der Waals surface area contributed by atoms with Gasteiger partial charge in [-0.2, -0.15) is 0 Å². The van der Waals surface area contributed by atoms with Gasteiger partial charge in [-0.1, -0.05) is 11.6 Å². The summed E-state index contributed by atoms with van der Waals surface area (Å²) in [5.74, 6) is -1.42. The quantitative estimate of drug-likeness (QED) is 0.715. The van der Waals surface area contributed by atoms with Crippen LogP contribution in [0.5, 0.6) is 0 Å². The van der Waals surface area contributed by atoms with Gasteiger partial charge in [-0.3, -0.25) is 14.4 Å². The molecule has 6 nitrogen and oxygen atoms in total. The first kappa shape index (κ1) is 18.6. The van der Waals surface area contributed by atoms with Crippen LogP contribution < -0.4 is 10.6 Å². The summed E-state index contributed by atoms with van der Waals surface area (Å²) in [5, 5.41) is 14.5. The van der Waals surface area contributed by atoms with E-state index < -0.39 is 16.6 Å². The number of benzene rings is 1. The molecule has 0 aromatic heterocycles. The number of nitrogens with one attached hydrogen (secondary N) is 2.